The number of carbonyl (C=O) groups is 1. The number of nitrogens with zero attached hydrogens (tertiary/aromatic N) is 2. The summed E-state index contributed by atoms with van der Waals surface area (Å²) in [5.41, 5.74) is 0. The van der Waals surface area contributed by atoms with Gasteiger partial charge in [0.1, 0.15) is 4.32 Å². The Balaban J connectivity index is 1.82. The molecular weight excluding hydrogens is 288 g/mol. The average Bonchev–Trinajstić information content (AvgIpc) is 3.01. The lowest BCUT2D eigenvalue weighted by Gasteiger charge is -2.33. The van der Waals surface area contributed by atoms with E-state index in [1.165, 1.54) is 32.1 Å². The Hall–Kier alpha value is -0.290. The van der Waals surface area contributed by atoms with Gasteiger partial charge in [0.25, 0.3) is 0 Å². The fraction of sp³-hybridized carbons (Fsp3) is 0.867. The number of rotatable bonds is 3. The zero-order valence-corrected chi connectivity index (χ0v) is 14.3. The third-order valence-corrected chi connectivity index (χ3v) is 6.02. The van der Waals surface area contributed by atoms with Crippen LogP contribution in [0.2, 0.25) is 0 Å². The topological polar surface area (TPSA) is 23.6 Å². The Labute approximate surface area is 132 Å². The number of hydrogen-bond donors (Lipinski definition) is 0. The zero-order valence-electron chi connectivity index (χ0n) is 12.6. The smallest absolute Gasteiger partial charge is 0.235 e. The van der Waals surface area contributed by atoms with Crippen molar-refractivity contribution in [3.8, 4) is 0 Å². The highest BCUT2D eigenvalue weighted by atomic mass is 32.2. The molecule has 1 amide bonds. The quantitative estimate of drug-likeness (QED) is 0.746. The Morgan fingerprint density at radius 1 is 1.20 bits per heavy atom. The first kappa shape index (κ1) is 16.1. The summed E-state index contributed by atoms with van der Waals surface area (Å²) in [6.07, 6.45) is 8.62. The summed E-state index contributed by atoms with van der Waals surface area (Å²) >= 11 is 7.03. The van der Waals surface area contributed by atoms with Gasteiger partial charge in [-0.05, 0) is 32.6 Å². The predicted octanol–water partition coefficient (Wildman–Crippen LogP) is 3.28. The number of carbonyl (C=O) groups excluding carboxylic acids is 1. The Morgan fingerprint density at radius 2 is 1.80 bits per heavy atom. The van der Waals surface area contributed by atoms with Gasteiger partial charge in [0.15, 0.2) is 0 Å². The molecule has 1 aliphatic carbocycles. The van der Waals surface area contributed by atoms with Gasteiger partial charge in [-0.15, -0.1) is 0 Å². The first-order valence-electron chi connectivity index (χ1n) is 7.82. The fourth-order valence-electron chi connectivity index (χ4n) is 3.11. The maximum atomic E-state index is 12.5. The minimum atomic E-state index is -0.0602. The molecule has 2 aliphatic rings. The van der Waals surface area contributed by atoms with Crippen LogP contribution in [-0.4, -0.2) is 51.5 Å². The summed E-state index contributed by atoms with van der Waals surface area (Å²) in [6.45, 7) is 4.12. The van der Waals surface area contributed by atoms with E-state index < -0.39 is 0 Å². The van der Waals surface area contributed by atoms with Crippen molar-refractivity contribution in [2.75, 3.05) is 20.1 Å². The van der Waals surface area contributed by atoms with Gasteiger partial charge in [0.05, 0.1) is 5.25 Å². The van der Waals surface area contributed by atoms with Gasteiger partial charge in [0.2, 0.25) is 5.91 Å². The summed E-state index contributed by atoms with van der Waals surface area (Å²) in [4.78, 5) is 16.7. The Kier molecular flexibility index (Phi) is 6.15. The van der Waals surface area contributed by atoms with E-state index in [0.717, 1.165) is 30.3 Å². The molecule has 0 radical (unpaired) electrons. The molecule has 20 heavy (non-hydrogen) atoms. The summed E-state index contributed by atoms with van der Waals surface area (Å²) in [6, 6.07) is 0.444. The van der Waals surface area contributed by atoms with Gasteiger partial charge < -0.3 is 9.80 Å². The van der Waals surface area contributed by atoms with Crippen LogP contribution in [0.15, 0.2) is 0 Å². The molecule has 0 aromatic rings. The normalized spacial score (nSPS) is 21.8. The molecule has 5 heteroatoms. The maximum Gasteiger partial charge on any atom is 0.235 e. The van der Waals surface area contributed by atoms with E-state index in [9.17, 15) is 4.79 Å². The molecule has 2 fully saturated rings. The van der Waals surface area contributed by atoms with Crippen molar-refractivity contribution in [2.45, 2.75) is 63.2 Å². The third kappa shape index (κ3) is 4.10. The molecule has 0 spiro atoms. The molecule has 0 unspecified atom stereocenters. The highest BCUT2D eigenvalue weighted by molar-refractivity contribution is 8.23. The number of amides is 1. The number of likely N-dealkylation sites (tertiary alicyclic amines) is 1. The fourth-order valence-corrected chi connectivity index (χ4v) is 4.63. The highest BCUT2D eigenvalue weighted by Crippen LogP contribution is 2.25. The van der Waals surface area contributed by atoms with Gasteiger partial charge >= 0.3 is 0 Å². The molecule has 1 heterocycles. The second-order valence-corrected chi connectivity index (χ2v) is 7.94. The van der Waals surface area contributed by atoms with E-state index in [1.54, 1.807) is 11.8 Å². The van der Waals surface area contributed by atoms with E-state index >= 15 is 0 Å². The number of hydrogen-bond acceptors (Lipinski definition) is 3. The minimum Gasteiger partial charge on any atom is -0.358 e. The average molecular weight is 315 g/mol. The van der Waals surface area contributed by atoms with Gasteiger partial charge in [-0.1, -0.05) is 43.2 Å². The number of thiocarbonyl (C=S) groups is 1. The first-order chi connectivity index (χ1) is 9.59. The Bertz CT molecular complexity index is 350. The predicted molar refractivity (Wildman–Crippen MR) is 90.1 cm³/mol. The first-order valence-corrected chi connectivity index (χ1v) is 9.10. The van der Waals surface area contributed by atoms with Crippen molar-refractivity contribution < 1.29 is 4.79 Å². The lowest BCUT2D eigenvalue weighted by Crippen LogP contribution is -2.42. The molecule has 0 bridgehead atoms. The molecule has 0 aromatic heterocycles. The molecule has 1 saturated heterocycles. The molecule has 0 aromatic carbocycles. The van der Waals surface area contributed by atoms with Crippen LogP contribution in [0.4, 0.5) is 0 Å². The van der Waals surface area contributed by atoms with Crippen molar-refractivity contribution in [1.82, 2.24) is 9.80 Å². The summed E-state index contributed by atoms with van der Waals surface area (Å²) in [7, 11) is 1.97. The zero-order chi connectivity index (χ0) is 14.5. The lowest BCUT2D eigenvalue weighted by atomic mass is 9.94. The minimum absolute atomic E-state index is 0.0602. The standard InChI is InChI=1S/C15H26N2OS2/c1-12(20-15(19)17-10-6-7-11-17)14(18)16(2)13-8-4-3-5-9-13/h12-13H,3-11H2,1-2H3/t12-/m0/s1. The van der Waals surface area contributed by atoms with E-state index in [0.29, 0.717) is 6.04 Å². The molecule has 114 valence electrons. The molecule has 1 saturated carbocycles. The van der Waals surface area contributed by atoms with Gasteiger partial charge in [-0.2, -0.15) is 0 Å². The van der Waals surface area contributed by atoms with Crippen molar-refractivity contribution in [3.05, 3.63) is 0 Å². The summed E-state index contributed by atoms with van der Waals surface area (Å²) < 4.78 is 0.903. The van der Waals surface area contributed by atoms with Crippen molar-refractivity contribution in [2.24, 2.45) is 0 Å². The Morgan fingerprint density at radius 3 is 2.40 bits per heavy atom. The van der Waals surface area contributed by atoms with Crippen LogP contribution < -0.4 is 0 Å². The van der Waals surface area contributed by atoms with Crippen LogP contribution in [0.25, 0.3) is 0 Å². The van der Waals surface area contributed by atoms with Crippen LogP contribution in [0.3, 0.4) is 0 Å². The summed E-state index contributed by atoms with van der Waals surface area (Å²) in [5, 5.41) is -0.0602. The molecule has 0 N–H and O–H groups in total. The molecule has 1 atom stereocenters. The van der Waals surface area contributed by atoms with Gasteiger partial charge in [-0.25, -0.2) is 0 Å². The van der Waals surface area contributed by atoms with E-state index in [4.69, 9.17) is 12.2 Å². The van der Waals surface area contributed by atoms with E-state index in [-0.39, 0.29) is 11.2 Å². The van der Waals surface area contributed by atoms with Crippen LogP contribution in [0.1, 0.15) is 51.9 Å². The van der Waals surface area contributed by atoms with Crippen molar-refractivity contribution in [1.29, 1.82) is 0 Å². The molecular formula is C15H26N2OS2. The van der Waals surface area contributed by atoms with E-state index in [1.807, 2.05) is 18.9 Å². The van der Waals surface area contributed by atoms with Crippen LogP contribution >= 0.6 is 24.0 Å². The molecule has 3 nitrogen and oxygen atoms in total. The van der Waals surface area contributed by atoms with Crippen LogP contribution in [0.5, 0.6) is 0 Å². The van der Waals surface area contributed by atoms with E-state index in [2.05, 4.69) is 4.90 Å². The largest absolute Gasteiger partial charge is 0.358 e. The summed E-state index contributed by atoms with van der Waals surface area (Å²) in [5.74, 6) is 0.239. The van der Waals surface area contributed by atoms with Crippen LogP contribution in [0, 0.1) is 0 Å². The van der Waals surface area contributed by atoms with Gasteiger partial charge in [-0.3, -0.25) is 4.79 Å². The van der Waals surface area contributed by atoms with Crippen LogP contribution in [-0.2, 0) is 4.79 Å². The molecule has 1 aliphatic heterocycles. The second kappa shape index (κ2) is 7.64. The number of thioether (sulfide) groups is 1. The second-order valence-electron chi connectivity index (χ2n) is 5.96. The third-order valence-electron chi connectivity index (χ3n) is 4.46. The van der Waals surface area contributed by atoms with Crippen molar-refractivity contribution in [3.63, 3.8) is 0 Å². The SMILES string of the molecule is C[C@H](SC(=S)N1CCCC1)C(=O)N(C)C1CCCCC1. The lowest BCUT2D eigenvalue weighted by molar-refractivity contribution is -0.131. The monoisotopic (exact) mass is 314 g/mol. The molecule has 2 rings (SSSR count). The van der Waals surface area contributed by atoms with Gasteiger partial charge in [0, 0.05) is 26.2 Å². The van der Waals surface area contributed by atoms with Crippen molar-refractivity contribution >= 4 is 34.2 Å². The maximum absolute atomic E-state index is 12.5. The highest BCUT2D eigenvalue weighted by Gasteiger charge is 2.27.